The molecule has 6 nitrogen and oxygen atoms in total. The second-order valence-electron chi connectivity index (χ2n) is 5.27. The van der Waals surface area contributed by atoms with Crippen LogP contribution in [0.25, 0.3) is 0 Å². The molecule has 0 unspecified atom stereocenters. The molecule has 98 valence electrons. The van der Waals surface area contributed by atoms with Gasteiger partial charge in [0.2, 0.25) is 5.91 Å². The van der Waals surface area contributed by atoms with Crippen molar-refractivity contribution in [3.05, 3.63) is 0 Å². The number of carbonyl (C=O) groups excluding carboxylic acids is 2. The van der Waals surface area contributed by atoms with E-state index < -0.39 is 5.60 Å². The first-order valence-electron chi connectivity index (χ1n) is 5.82. The molecule has 1 fully saturated rings. The smallest absolute Gasteiger partial charge is 0.410 e. The van der Waals surface area contributed by atoms with Gasteiger partial charge in [-0.05, 0) is 33.6 Å². The third kappa shape index (κ3) is 4.22. The van der Waals surface area contributed by atoms with E-state index in [4.69, 9.17) is 10.6 Å². The minimum atomic E-state index is -0.514. The Kier molecular flexibility index (Phi) is 4.34. The molecule has 0 bridgehead atoms. The Hall–Kier alpha value is -1.30. The SMILES string of the molecule is CC(C)(C)OC(=O)N1CCC[C@H](C(=O)NN)C1. The van der Waals surface area contributed by atoms with E-state index in [-0.39, 0.29) is 17.9 Å². The van der Waals surface area contributed by atoms with E-state index in [1.54, 1.807) is 4.90 Å². The van der Waals surface area contributed by atoms with Crippen LogP contribution in [0.1, 0.15) is 33.6 Å². The van der Waals surface area contributed by atoms with E-state index in [2.05, 4.69) is 5.43 Å². The maximum absolute atomic E-state index is 11.8. The summed E-state index contributed by atoms with van der Waals surface area (Å²) in [6, 6.07) is 0. The van der Waals surface area contributed by atoms with E-state index in [1.165, 1.54) is 0 Å². The van der Waals surface area contributed by atoms with Gasteiger partial charge < -0.3 is 9.64 Å². The number of piperidine rings is 1. The van der Waals surface area contributed by atoms with Gasteiger partial charge in [0, 0.05) is 13.1 Å². The molecule has 0 aliphatic carbocycles. The van der Waals surface area contributed by atoms with E-state index in [9.17, 15) is 9.59 Å². The molecule has 0 spiro atoms. The Balaban J connectivity index is 2.55. The van der Waals surface area contributed by atoms with E-state index in [0.717, 1.165) is 12.8 Å². The monoisotopic (exact) mass is 243 g/mol. The van der Waals surface area contributed by atoms with Crippen LogP contribution in [0, 0.1) is 5.92 Å². The summed E-state index contributed by atoms with van der Waals surface area (Å²) in [7, 11) is 0. The molecule has 3 N–H and O–H groups in total. The summed E-state index contributed by atoms with van der Waals surface area (Å²) in [6.07, 6.45) is 1.17. The maximum Gasteiger partial charge on any atom is 0.410 e. The number of hydrogen-bond acceptors (Lipinski definition) is 4. The minimum Gasteiger partial charge on any atom is -0.444 e. The lowest BCUT2D eigenvalue weighted by molar-refractivity contribution is -0.126. The van der Waals surface area contributed by atoms with Gasteiger partial charge in [0.05, 0.1) is 5.92 Å². The van der Waals surface area contributed by atoms with Gasteiger partial charge in [-0.2, -0.15) is 0 Å². The van der Waals surface area contributed by atoms with Crippen LogP contribution < -0.4 is 11.3 Å². The summed E-state index contributed by atoms with van der Waals surface area (Å²) < 4.78 is 5.26. The van der Waals surface area contributed by atoms with Crippen LogP contribution in [0.2, 0.25) is 0 Å². The predicted molar refractivity (Wildman–Crippen MR) is 62.9 cm³/mol. The van der Waals surface area contributed by atoms with E-state index in [1.807, 2.05) is 20.8 Å². The lowest BCUT2D eigenvalue weighted by atomic mass is 9.98. The lowest BCUT2D eigenvalue weighted by Crippen LogP contribution is -2.48. The molecule has 2 amide bonds. The number of nitrogens with one attached hydrogen (secondary N) is 1. The number of carbonyl (C=O) groups is 2. The number of likely N-dealkylation sites (tertiary alicyclic amines) is 1. The molecule has 0 aromatic heterocycles. The van der Waals surface area contributed by atoms with Crippen molar-refractivity contribution in [3.63, 3.8) is 0 Å². The van der Waals surface area contributed by atoms with Crippen LogP contribution in [-0.4, -0.2) is 35.6 Å². The standard InChI is InChI=1S/C11H21N3O3/c1-11(2,3)17-10(16)14-6-4-5-8(7-14)9(15)13-12/h8H,4-7,12H2,1-3H3,(H,13,15)/t8-/m0/s1. The molecule has 0 radical (unpaired) electrons. The zero-order chi connectivity index (χ0) is 13.1. The minimum absolute atomic E-state index is 0.224. The van der Waals surface area contributed by atoms with Crippen molar-refractivity contribution in [2.45, 2.75) is 39.2 Å². The fourth-order valence-corrected chi connectivity index (χ4v) is 1.80. The molecule has 1 heterocycles. The van der Waals surface area contributed by atoms with E-state index in [0.29, 0.717) is 13.1 Å². The molecule has 17 heavy (non-hydrogen) atoms. The van der Waals surface area contributed by atoms with Crippen molar-refractivity contribution < 1.29 is 14.3 Å². The molecule has 1 rings (SSSR count). The average molecular weight is 243 g/mol. The number of nitrogens with two attached hydrogens (primary N) is 1. The normalized spacial score (nSPS) is 20.9. The average Bonchev–Trinajstić information content (AvgIpc) is 2.26. The maximum atomic E-state index is 11.8. The quantitative estimate of drug-likeness (QED) is 0.402. The molecule has 6 heteroatoms. The lowest BCUT2D eigenvalue weighted by Gasteiger charge is -2.33. The number of amides is 2. The highest BCUT2D eigenvalue weighted by atomic mass is 16.6. The van der Waals surface area contributed by atoms with Gasteiger partial charge in [0.15, 0.2) is 0 Å². The van der Waals surface area contributed by atoms with Gasteiger partial charge in [-0.25, -0.2) is 10.6 Å². The van der Waals surface area contributed by atoms with Crippen molar-refractivity contribution in [2.24, 2.45) is 11.8 Å². The van der Waals surface area contributed by atoms with Crippen LogP contribution in [-0.2, 0) is 9.53 Å². The predicted octanol–water partition coefficient (Wildman–Crippen LogP) is 0.623. The zero-order valence-corrected chi connectivity index (χ0v) is 10.7. The Labute approximate surface area is 101 Å². The Morgan fingerprint density at radius 2 is 2.06 bits per heavy atom. The summed E-state index contributed by atoms with van der Waals surface area (Å²) in [5.74, 6) is 4.63. The van der Waals surface area contributed by atoms with Crippen LogP contribution in [0.3, 0.4) is 0 Å². The molecule has 1 saturated heterocycles. The Morgan fingerprint density at radius 3 is 2.59 bits per heavy atom. The van der Waals surface area contributed by atoms with Gasteiger partial charge in [-0.3, -0.25) is 10.2 Å². The van der Waals surface area contributed by atoms with Gasteiger partial charge in [0.25, 0.3) is 0 Å². The summed E-state index contributed by atoms with van der Waals surface area (Å²) in [4.78, 5) is 24.8. The molecule has 1 aliphatic rings. The van der Waals surface area contributed by atoms with Gasteiger partial charge in [-0.1, -0.05) is 0 Å². The van der Waals surface area contributed by atoms with Gasteiger partial charge >= 0.3 is 6.09 Å². The fraction of sp³-hybridized carbons (Fsp3) is 0.818. The molecular formula is C11H21N3O3. The molecule has 0 aromatic carbocycles. The zero-order valence-electron chi connectivity index (χ0n) is 10.7. The number of ether oxygens (including phenoxy) is 1. The molecular weight excluding hydrogens is 222 g/mol. The third-order valence-electron chi connectivity index (χ3n) is 2.59. The van der Waals surface area contributed by atoms with E-state index >= 15 is 0 Å². The molecule has 0 aromatic rings. The summed E-state index contributed by atoms with van der Waals surface area (Å²) in [5.41, 5.74) is 1.61. The molecule has 1 atom stereocenters. The third-order valence-corrected chi connectivity index (χ3v) is 2.59. The van der Waals surface area contributed by atoms with Gasteiger partial charge in [-0.15, -0.1) is 0 Å². The Bertz CT molecular complexity index is 299. The largest absolute Gasteiger partial charge is 0.444 e. The van der Waals surface area contributed by atoms with Crippen molar-refractivity contribution in [2.75, 3.05) is 13.1 Å². The topological polar surface area (TPSA) is 84.7 Å². The summed E-state index contributed by atoms with van der Waals surface area (Å²) in [6.45, 7) is 6.46. The van der Waals surface area contributed by atoms with Crippen LogP contribution in [0.5, 0.6) is 0 Å². The first-order chi connectivity index (χ1) is 7.83. The van der Waals surface area contributed by atoms with Crippen LogP contribution in [0.15, 0.2) is 0 Å². The molecule has 0 saturated carbocycles. The highest BCUT2D eigenvalue weighted by molar-refractivity contribution is 5.79. The number of hydrogen-bond donors (Lipinski definition) is 2. The second-order valence-corrected chi connectivity index (χ2v) is 5.27. The van der Waals surface area contributed by atoms with Gasteiger partial charge in [0.1, 0.15) is 5.60 Å². The Morgan fingerprint density at radius 1 is 1.41 bits per heavy atom. The summed E-state index contributed by atoms with van der Waals surface area (Å²) in [5, 5.41) is 0. The highest BCUT2D eigenvalue weighted by Gasteiger charge is 2.30. The highest BCUT2D eigenvalue weighted by Crippen LogP contribution is 2.19. The number of hydrazine groups is 1. The van der Waals surface area contributed by atoms with Crippen molar-refractivity contribution in [3.8, 4) is 0 Å². The first kappa shape index (κ1) is 13.8. The summed E-state index contributed by atoms with van der Waals surface area (Å²) >= 11 is 0. The van der Waals surface area contributed by atoms with Crippen LogP contribution >= 0.6 is 0 Å². The number of rotatable bonds is 1. The molecule has 1 aliphatic heterocycles. The first-order valence-corrected chi connectivity index (χ1v) is 5.82. The van der Waals surface area contributed by atoms with Crippen molar-refractivity contribution in [1.82, 2.24) is 10.3 Å². The van der Waals surface area contributed by atoms with Crippen LogP contribution in [0.4, 0.5) is 4.79 Å². The number of nitrogens with zero attached hydrogens (tertiary/aromatic N) is 1. The van der Waals surface area contributed by atoms with Crippen molar-refractivity contribution >= 4 is 12.0 Å². The fourth-order valence-electron chi connectivity index (χ4n) is 1.80. The second kappa shape index (κ2) is 5.35. The van der Waals surface area contributed by atoms with Crippen molar-refractivity contribution in [1.29, 1.82) is 0 Å².